The van der Waals surface area contributed by atoms with Crippen LogP contribution in [0.4, 0.5) is 11.4 Å². The predicted molar refractivity (Wildman–Crippen MR) is 130 cm³/mol. The number of carbonyl (C=O) groups excluding carboxylic acids is 1. The number of amides is 1. The van der Waals surface area contributed by atoms with Crippen LogP contribution in [-0.4, -0.2) is 59.8 Å². The minimum Gasteiger partial charge on any atom is -0.376 e. The number of carbonyl (C=O) groups is 1. The van der Waals surface area contributed by atoms with Gasteiger partial charge in [-0.3, -0.25) is 9.52 Å². The van der Waals surface area contributed by atoms with Crippen LogP contribution in [0.2, 0.25) is 5.02 Å². The van der Waals surface area contributed by atoms with E-state index in [2.05, 4.69) is 20.3 Å². The Bertz CT molecular complexity index is 1110. The first-order valence-electron chi connectivity index (χ1n) is 11.1. The van der Waals surface area contributed by atoms with Gasteiger partial charge in [0, 0.05) is 55.7 Å². The number of ether oxygens (including phenoxy) is 1. The molecule has 1 unspecified atom stereocenters. The van der Waals surface area contributed by atoms with Crippen LogP contribution in [0.5, 0.6) is 0 Å². The number of benzene rings is 2. The number of anilines is 2. The molecule has 8 nitrogen and oxygen atoms in total. The number of nitrogens with one attached hydrogen (secondary N) is 3. The van der Waals surface area contributed by atoms with Crippen molar-refractivity contribution in [3.8, 4) is 0 Å². The number of hydrogen-bond donors (Lipinski definition) is 3. The van der Waals surface area contributed by atoms with E-state index in [4.69, 9.17) is 16.3 Å². The van der Waals surface area contributed by atoms with Crippen molar-refractivity contribution in [2.24, 2.45) is 0 Å². The van der Waals surface area contributed by atoms with Crippen LogP contribution in [0.25, 0.3) is 0 Å². The summed E-state index contributed by atoms with van der Waals surface area (Å²) in [5.74, 6) is -0.251. The molecule has 1 atom stereocenters. The smallest absolute Gasteiger partial charge is 0.261 e. The lowest BCUT2D eigenvalue weighted by atomic mass is 10.1. The third-order valence-electron chi connectivity index (χ3n) is 5.92. The van der Waals surface area contributed by atoms with Crippen molar-refractivity contribution in [1.29, 1.82) is 0 Å². The second-order valence-corrected chi connectivity index (χ2v) is 10.4. The molecule has 2 aliphatic rings. The number of nitrogens with zero attached hydrogens (tertiary/aromatic N) is 1. The monoisotopic (exact) mass is 492 g/mol. The van der Waals surface area contributed by atoms with Crippen molar-refractivity contribution < 1.29 is 17.9 Å². The molecule has 2 aromatic carbocycles. The SMILES string of the molecule is Cc1ccc(S(=O)(=O)Nc2ccc(N3CCNCC3)c(C(=O)NCC3CCCO3)c2)cc1Cl. The molecule has 178 valence electrons. The summed E-state index contributed by atoms with van der Waals surface area (Å²) < 4.78 is 34.0. The Balaban J connectivity index is 1.59. The van der Waals surface area contributed by atoms with E-state index in [-0.39, 0.29) is 16.9 Å². The molecule has 0 aliphatic carbocycles. The fourth-order valence-electron chi connectivity index (χ4n) is 4.02. The maximum Gasteiger partial charge on any atom is 0.261 e. The van der Waals surface area contributed by atoms with Crippen molar-refractivity contribution >= 4 is 38.9 Å². The molecule has 33 heavy (non-hydrogen) atoms. The number of piperazine rings is 1. The second-order valence-electron chi connectivity index (χ2n) is 8.33. The van der Waals surface area contributed by atoms with Crippen LogP contribution in [0.1, 0.15) is 28.8 Å². The van der Waals surface area contributed by atoms with E-state index in [0.29, 0.717) is 29.4 Å². The molecular weight excluding hydrogens is 464 g/mol. The summed E-state index contributed by atoms with van der Waals surface area (Å²) >= 11 is 6.12. The standard InChI is InChI=1S/C23H29ClN4O4S/c1-16-4-6-19(14-21(16)24)33(30,31)27-17-5-7-22(28-10-8-25-9-11-28)20(13-17)23(29)26-15-18-3-2-12-32-18/h4-7,13-14,18,25,27H,2-3,8-12,15H2,1H3,(H,26,29). The summed E-state index contributed by atoms with van der Waals surface area (Å²) in [7, 11) is -3.87. The summed E-state index contributed by atoms with van der Waals surface area (Å²) in [6.07, 6.45) is 1.93. The number of hydrogen-bond acceptors (Lipinski definition) is 6. The molecular formula is C23H29ClN4O4S. The van der Waals surface area contributed by atoms with Gasteiger partial charge < -0.3 is 20.3 Å². The van der Waals surface area contributed by atoms with Gasteiger partial charge in [0.25, 0.3) is 15.9 Å². The lowest BCUT2D eigenvalue weighted by Crippen LogP contribution is -2.44. The second kappa shape index (κ2) is 10.3. The van der Waals surface area contributed by atoms with Crippen LogP contribution in [0, 0.1) is 6.92 Å². The van der Waals surface area contributed by atoms with E-state index in [1.165, 1.54) is 12.1 Å². The Morgan fingerprint density at radius 3 is 2.70 bits per heavy atom. The average Bonchev–Trinajstić information content (AvgIpc) is 3.33. The molecule has 2 aromatic rings. The summed E-state index contributed by atoms with van der Waals surface area (Å²) in [6.45, 7) is 6.12. The fraction of sp³-hybridized carbons (Fsp3) is 0.435. The van der Waals surface area contributed by atoms with E-state index < -0.39 is 10.0 Å². The zero-order valence-corrected chi connectivity index (χ0v) is 20.1. The van der Waals surface area contributed by atoms with Gasteiger partial charge in [0.15, 0.2) is 0 Å². The van der Waals surface area contributed by atoms with Crippen LogP contribution in [0.15, 0.2) is 41.3 Å². The van der Waals surface area contributed by atoms with Gasteiger partial charge in [-0.1, -0.05) is 17.7 Å². The maximum atomic E-state index is 13.1. The van der Waals surface area contributed by atoms with Crippen molar-refractivity contribution in [2.75, 3.05) is 49.0 Å². The molecule has 3 N–H and O–H groups in total. The van der Waals surface area contributed by atoms with Crippen LogP contribution in [-0.2, 0) is 14.8 Å². The number of sulfonamides is 1. The van der Waals surface area contributed by atoms with E-state index in [9.17, 15) is 13.2 Å². The Kier molecular flexibility index (Phi) is 7.43. The van der Waals surface area contributed by atoms with E-state index >= 15 is 0 Å². The molecule has 2 saturated heterocycles. The molecule has 0 spiro atoms. The molecule has 2 aliphatic heterocycles. The zero-order valence-electron chi connectivity index (χ0n) is 18.6. The largest absolute Gasteiger partial charge is 0.376 e. The fourth-order valence-corrected chi connectivity index (χ4v) is 5.35. The maximum absolute atomic E-state index is 13.1. The van der Waals surface area contributed by atoms with E-state index in [1.54, 1.807) is 24.3 Å². The summed E-state index contributed by atoms with van der Waals surface area (Å²) in [4.78, 5) is 15.3. The third-order valence-corrected chi connectivity index (χ3v) is 7.71. The Morgan fingerprint density at radius 1 is 1.21 bits per heavy atom. The van der Waals surface area contributed by atoms with Crippen molar-refractivity contribution in [3.05, 3.63) is 52.5 Å². The number of aryl methyl sites for hydroxylation is 1. The molecule has 0 saturated carbocycles. The van der Waals surface area contributed by atoms with Gasteiger partial charge in [-0.25, -0.2) is 8.42 Å². The van der Waals surface area contributed by atoms with Gasteiger partial charge in [-0.2, -0.15) is 0 Å². The normalized spacial score (nSPS) is 18.8. The van der Waals surface area contributed by atoms with Crippen molar-refractivity contribution in [1.82, 2.24) is 10.6 Å². The lowest BCUT2D eigenvalue weighted by molar-refractivity contribution is 0.0858. The van der Waals surface area contributed by atoms with Gasteiger partial charge in [-0.05, 0) is 55.7 Å². The highest BCUT2D eigenvalue weighted by Gasteiger charge is 2.23. The molecule has 4 rings (SSSR count). The molecule has 0 bridgehead atoms. The van der Waals surface area contributed by atoms with Gasteiger partial charge in [0.1, 0.15) is 0 Å². The highest BCUT2D eigenvalue weighted by Crippen LogP contribution is 2.28. The molecule has 10 heteroatoms. The van der Waals surface area contributed by atoms with Gasteiger partial charge >= 0.3 is 0 Å². The topological polar surface area (TPSA) is 99.8 Å². The summed E-state index contributed by atoms with van der Waals surface area (Å²) in [5.41, 5.74) is 2.31. The first-order valence-corrected chi connectivity index (χ1v) is 13.0. The molecule has 0 aromatic heterocycles. The highest BCUT2D eigenvalue weighted by molar-refractivity contribution is 7.92. The summed E-state index contributed by atoms with van der Waals surface area (Å²) in [6, 6.07) is 9.66. The van der Waals surface area contributed by atoms with Gasteiger partial charge in [0.05, 0.1) is 16.6 Å². The Labute approximate surface area is 199 Å². The predicted octanol–water partition coefficient (Wildman–Crippen LogP) is 2.77. The molecule has 1 amide bonds. The summed E-state index contributed by atoms with van der Waals surface area (Å²) in [5, 5.41) is 6.63. The Hall–Kier alpha value is -2.33. The van der Waals surface area contributed by atoms with Crippen LogP contribution >= 0.6 is 11.6 Å². The van der Waals surface area contributed by atoms with Gasteiger partial charge in [-0.15, -0.1) is 0 Å². The highest BCUT2D eigenvalue weighted by atomic mass is 35.5. The molecule has 0 radical (unpaired) electrons. The van der Waals surface area contributed by atoms with E-state index in [1.807, 2.05) is 6.92 Å². The van der Waals surface area contributed by atoms with Crippen LogP contribution < -0.4 is 20.3 Å². The van der Waals surface area contributed by atoms with E-state index in [0.717, 1.165) is 50.3 Å². The number of halogens is 1. The quantitative estimate of drug-likeness (QED) is 0.549. The zero-order chi connectivity index (χ0) is 23.4. The molecule has 2 heterocycles. The molecule has 2 fully saturated rings. The van der Waals surface area contributed by atoms with Gasteiger partial charge in [0.2, 0.25) is 0 Å². The average molecular weight is 493 g/mol. The first kappa shape index (κ1) is 23.8. The minimum absolute atomic E-state index is 0.0181. The third kappa shape index (κ3) is 5.78. The first-order chi connectivity index (χ1) is 15.8. The van der Waals surface area contributed by atoms with Crippen LogP contribution in [0.3, 0.4) is 0 Å². The van der Waals surface area contributed by atoms with Crippen molar-refractivity contribution in [2.45, 2.75) is 30.8 Å². The van der Waals surface area contributed by atoms with Crippen molar-refractivity contribution in [3.63, 3.8) is 0 Å². The Morgan fingerprint density at radius 2 is 2.00 bits per heavy atom. The number of rotatable bonds is 7. The lowest BCUT2D eigenvalue weighted by Gasteiger charge is -2.31. The minimum atomic E-state index is -3.87.